The highest BCUT2D eigenvalue weighted by Gasteiger charge is 2.54. The zero-order chi connectivity index (χ0) is 31.7. The van der Waals surface area contributed by atoms with Gasteiger partial charge in [0.1, 0.15) is 11.7 Å². The maximum Gasteiger partial charge on any atom is 0.362 e. The fourth-order valence-corrected chi connectivity index (χ4v) is 5.49. The highest BCUT2D eigenvalue weighted by atomic mass is 32.2. The van der Waals surface area contributed by atoms with E-state index in [1.165, 1.54) is 5.38 Å². The van der Waals surface area contributed by atoms with Gasteiger partial charge in [-0.25, -0.2) is 18.9 Å². The van der Waals surface area contributed by atoms with Gasteiger partial charge in [-0.3, -0.25) is 18.9 Å². The maximum atomic E-state index is 13.2. The minimum absolute atomic E-state index is 0.0166. The monoisotopic (exact) mass is 644 g/mol. The highest BCUT2D eigenvalue weighted by molar-refractivity contribution is 7.84. The number of aromatic hydroxyl groups is 1. The van der Waals surface area contributed by atoms with E-state index in [1.807, 2.05) is 0 Å². The Labute approximate surface area is 244 Å². The van der Waals surface area contributed by atoms with Gasteiger partial charge in [0.15, 0.2) is 16.6 Å². The largest absolute Gasteiger partial charge is 0.503 e. The Kier molecular flexibility index (Phi) is 8.45. The summed E-state index contributed by atoms with van der Waals surface area (Å²) in [7, 11) is -5.14. The third kappa shape index (κ3) is 6.44. The van der Waals surface area contributed by atoms with Crippen LogP contribution in [0.25, 0.3) is 0 Å². The second-order valence-corrected chi connectivity index (χ2v) is 11.5. The molecule has 0 bridgehead atoms. The Bertz CT molecular complexity index is 1670. The molecule has 1 aliphatic heterocycles. The number of rotatable bonds is 11. The van der Waals surface area contributed by atoms with Crippen LogP contribution in [0.2, 0.25) is 0 Å². The van der Waals surface area contributed by atoms with E-state index in [1.54, 1.807) is 0 Å². The van der Waals surface area contributed by atoms with Gasteiger partial charge < -0.3 is 41.9 Å². The number of thiazole rings is 1. The van der Waals surface area contributed by atoms with E-state index in [4.69, 9.17) is 10.6 Å². The lowest BCUT2D eigenvalue weighted by atomic mass is 9.80. The summed E-state index contributed by atoms with van der Waals surface area (Å²) in [6.45, 7) is -1.07. The maximum absolute atomic E-state index is 13.2. The fraction of sp³-hybridized carbons (Fsp3) is 0.381. The zero-order valence-electron chi connectivity index (χ0n) is 21.7. The number of carbonyl (C=O) groups excluding carboxylic acids is 3. The number of nitrogens with two attached hydrogens (primary N) is 1. The lowest BCUT2D eigenvalue weighted by molar-refractivity contribution is -0.178. The van der Waals surface area contributed by atoms with Crippen molar-refractivity contribution in [1.29, 1.82) is 0 Å². The number of carbonyl (C=O) groups is 4. The van der Waals surface area contributed by atoms with Crippen molar-refractivity contribution >= 4 is 56.3 Å². The van der Waals surface area contributed by atoms with Crippen molar-refractivity contribution in [2.45, 2.75) is 43.5 Å². The minimum atomic E-state index is -5.14. The van der Waals surface area contributed by atoms with E-state index in [-0.39, 0.29) is 33.7 Å². The third-order valence-corrected chi connectivity index (χ3v) is 8.16. The summed E-state index contributed by atoms with van der Waals surface area (Å²) in [4.78, 5) is 70.4. The van der Waals surface area contributed by atoms with E-state index < -0.39 is 81.8 Å². The van der Waals surface area contributed by atoms with Crippen LogP contribution in [0.15, 0.2) is 27.6 Å². The van der Waals surface area contributed by atoms with Gasteiger partial charge in [0.2, 0.25) is 11.0 Å². The van der Waals surface area contributed by atoms with Crippen LogP contribution in [0.3, 0.4) is 0 Å². The number of anilines is 1. The second kappa shape index (κ2) is 11.7. The predicted molar refractivity (Wildman–Crippen MR) is 142 cm³/mol. The molecule has 43 heavy (non-hydrogen) atoms. The summed E-state index contributed by atoms with van der Waals surface area (Å²) in [6.07, 6.45) is 1.46. The van der Waals surface area contributed by atoms with Crippen LogP contribution in [0.1, 0.15) is 30.7 Å². The first kappa shape index (κ1) is 31.0. The molecule has 0 unspecified atom stereocenters. The average Bonchev–Trinajstić information content (AvgIpc) is 3.32. The Hall–Kier alpha value is -4.96. The van der Waals surface area contributed by atoms with Crippen LogP contribution in [0.5, 0.6) is 5.75 Å². The minimum Gasteiger partial charge on any atom is -0.503 e. The Morgan fingerprint density at radius 2 is 1.95 bits per heavy atom. The van der Waals surface area contributed by atoms with E-state index in [9.17, 15) is 52.4 Å². The van der Waals surface area contributed by atoms with E-state index in [0.29, 0.717) is 17.3 Å². The van der Waals surface area contributed by atoms with E-state index in [2.05, 4.69) is 26.1 Å². The standard InChI is InChI=1S/C21H24N8O12S2/c22-19-25-10(8-42-19)14(27-41-21(18(34)35)2-1-3-21)16(32)26-15-11(29(17(15)33)43(38,39)40)6-24-20(36)23-5-9-4-12(30)13(31)7-28(9)37/h4,7-8,11,15,31,37H,1-3,5-6H2,(H2,22,25)(H,26,32)(H,34,35)(H2,23,24,36)(H,38,39,40)/t11-,15+/m1/s1. The summed E-state index contributed by atoms with van der Waals surface area (Å²) in [5.41, 5.74) is 2.27. The molecule has 9 N–H and O–H groups in total. The van der Waals surface area contributed by atoms with Crippen LogP contribution in [-0.2, 0) is 36.1 Å². The summed E-state index contributed by atoms with van der Waals surface area (Å²) in [5, 5.41) is 40.2. The molecule has 232 valence electrons. The molecule has 3 heterocycles. The smallest absolute Gasteiger partial charge is 0.362 e. The molecule has 1 saturated heterocycles. The molecule has 4 amide bonds. The van der Waals surface area contributed by atoms with Gasteiger partial charge in [0.25, 0.3) is 11.8 Å². The molecule has 2 fully saturated rings. The van der Waals surface area contributed by atoms with Gasteiger partial charge in [-0.2, -0.15) is 13.1 Å². The predicted octanol–water partition coefficient (Wildman–Crippen LogP) is -2.44. The summed E-state index contributed by atoms with van der Waals surface area (Å²) < 4.78 is 33.5. The van der Waals surface area contributed by atoms with Crippen LogP contribution in [0.4, 0.5) is 9.93 Å². The van der Waals surface area contributed by atoms with Gasteiger partial charge >= 0.3 is 22.3 Å². The van der Waals surface area contributed by atoms with Gasteiger partial charge in [0, 0.05) is 30.8 Å². The number of hydrogen-bond acceptors (Lipinski definition) is 14. The number of carboxylic acid groups (broad SMARTS) is 1. The first-order valence-corrected chi connectivity index (χ1v) is 14.4. The van der Waals surface area contributed by atoms with Crippen LogP contribution in [-0.4, -0.2) is 96.2 Å². The normalized spacial score (nSPS) is 19.5. The molecular weight excluding hydrogens is 620 g/mol. The van der Waals surface area contributed by atoms with Gasteiger partial charge in [-0.05, 0) is 6.42 Å². The van der Waals surface area contributed by atoms with Crippen LogP contribution < -0.4 is 27.1 Å². The van der Waals surface area contributed by atoms with Crippen molar-refractivity contribution in [3.05, 3.63) is 39.3 Å². The first-order valence-electron chi connectivity index (χ1n) is 12.1. The number of oxime groups is 1. The lowest BCUT2D eigenvalue weighted by Crippen LogP contribution is -2.74. The van der Waals surface area contributed by atoms with Crippen molar-refractivity contribution in [1.82, 2.24) is 30.0 Å². The van der Waals surface area contributed by atoms with Crippen molar-refractivity contribution in [3.8, 4) is 5.75 Å². The molecule has 0 spiro atoms. The van der Waals surface area contributed by atoms with Crippen LogP contribution in [0, 0.1) is 0 Å². The molecule has 4 rings (SSSR count). The van der Waals surface area contributed by atoms with Gasteiger partial charge in [0.05, 0.1) is 24.5 Å². The van der Waals surface area contributed by atoms with Crippen molar-refractivity contribution in [2.75, 3.05) is 12.3 Å². The quantitative estimate of drug-likeness (QED) is 0.0414. The number of hydrogen-bond donors (Lipinski definition) is 8. The molecule has 2 atom stereocenters. The molecular formula is C21H24N8O12S2. The Balaban J connectivity index is 1.47. The summed E-state index contributed by atoms with van der Waals surface area (Å²) in [6, 6.07) is -3.31. The summed E-state index contributed by atoms with van der Waals surface area (Å²) in [5.74, 6) is -4.46. The molecule has 1 aliphatic carbocycles. The fourth-order valence-electron chi connectivity index (χ4n) is 4.06. The molecule has 1 saturated carbocycles. The second-order valence-electron chi connectivity index (χ2n) is 9.31. The molecule has 22 heteroatoms. The number of aliphatic carboxylic acids is 1. The molecule has 2 aromatic heterocycles. The van der Waals surface area contributed by atoms with Crippen molar-refractivity contribution < 1.29 is 52.4 Å². The van der Waals surface area contributed by atoms with E-state index in [0.717, 1.165) is 17.4 Å². The topological polar surface area (TPSA) is 305 Å². The van der Waals surface area contributed by atoms with Crippen molar-refractivity contribution in [2.24, 2.45) is 5.16 Å². The number of nitrogens with one attached hydrogen (secondary N) is 3. The number of pyridine rings is 1. The van der Waals surface area contributed by atoms with Crippen LogP contribution >= 0.6 is 11.3 Å². The number of nitrogens with zero attached hydrogens (tertiary/aromatic N) is 4. The molecule has 20 nitrogen and oxygen atoms in total. The van der Waals surface area contributed by atoms with Crippen molar-refractivity contribution in [3.63, 3.8) is 0 Å². The molecule has 2 aromatic rings. The number of nitrogen functional groups attached to an aromatic ring is 1. The number of carboxylic acids is 1. The first-order chi connectivity index (χ1) is 20.1. The van der Waals surface area contributed by atoms with E-state index >= 15 is 0 Å². The Morgan fingerprint density at radius 3 is 2.51 bits per heavy atom. The number of amides is 4. The average molecular weight is 645 g/mol. The lowest BCUT2D eigenvalue weighted by Gasteiger charge is -2.44. The Morgan fingerprint density at radius 1 is 1.26 bits per heavy atom. The van der Waals surface area contributed by atoms with Gasteiger partial charge in [-0.15, -0.1) is 11.3 Å². The molecule has 0 aromatic carbocycles. The number of urea groups is 1. The highest BCUT2D eigenvalue weighted by Crippen LogP contribution is 2.36. The number of aromatic nitrogens is 2. The molecule has 0 radical (unpaired) electrons. The summed E-state index contributed by atoms with van der Waals surface area (Å²) >= 11 is 0.915. The SMILES string of the molecule is Nc1nc(C(=NOC2(C(=O)O)CCC2)C(=O)N[C@@H]2C(=O)N(S(=O)(=O)O)[C@@H]2CNC(=O)NCc2cc(=O)c(O)cn2O)cs1. The molecule has 2 aliphatic rings. The third-order valence-electron chi connectivity index (χ3n) is 6.54. The zero-order valence-corrected chi connectivity index (χ0v) is 23.3. The number of β-lactam (4-membered cyclic amide) rings is 1. The van der Waals surface area contributed by atoms with Gasteiger partial charge in [-0.1, -0.05) is 5.16 Å².